The molecule has 0 aliphatic heterocycles. The molecule has 0 saturated carbocycles. The average Bonchev–Trinajstić information content (AvgIpc) is 3.32. The highest BCUT2D eigenvalue weighted by Gasteiger charge is 2.27. The van der Waals surface area contributed by atoms with Gasteiger partial charge in [-0.15, -0.1) is 0 Å². The van der Waals surface area contributed by atoms with Gasteiger partial charge in [-0.1, -0.05) is 178 Å². The Morgan fingerprint density at radius 1 is 0.443 bits per heavy atom. The minimum Gasteiger partial charge on any atom is -0.462 e. The van der Waals surface area contributed by atoms with Gasteiger partial charge in [0, 0.05) is 12.8 Å². The van der Waals surface area contributed by atoms with E-state index in [1.807, 2.05) is 21.1 Å². The van der Waals surface area contributed by atoms with Crippen LogP contribution in [0.15, 0.2) is 158 Å². The van der Waals surface area contributed by atoms with Gasteiger partial charge in [0.1, 0.15) is 19.8 Å². The Balaban J connectivity index is 4.44. The van der Waals surface area contributed by atoms with Gasteiger partial charge in [0.2, 0.25) is 0 Å². The zero-order valence-corrected chi connectivity index (χ0v) is 45.1. The van der Waals surface area contributed by atoms with Gasteiger partial charge in [0.25, 0.3) is 0 Å². The number of phosphoric ester groups is 1. The van der Waals surface area contributed by atoms with Crippen molar-refractivity contribution in [1.29, 1.82) is 0 Å². The standard InChI is InChI=1S/C60H94NO8P/c1-6-8-10-12-14-16-18-20-22-24-26-27-28-29-30-31-32-33-35-37-39-41-43-45-47-49-51-53-60(63)69-58(57-68-70(64,65)67-55-54-61(3,4)5)56-66-59(62)52-50-48-46-44-42-40-38-36-34-25-23-21-19-17-15-13-11-9-7-2/h8-11,14-17,20-23,26-27,29-30,32-34,36-37,39-40,42-43,45,58H,6-7,12-13,18-19,24-25,28,31,35,38,41,44,46-57H2,1-5H3/p+1/b10-8-,11-9-,16-14-,17-15-,22-20-,23-21-,27-26-,30-29-,33-32-,36-34-,39-37-,42-40-,45-43-. The summed E-state index contributed by atoms with van der Waals surface area (Å²) in [5, 5.41) is 0. The summed E-state index contributed by atoms with van der Waals surface area (Å²) in [7, 11) is 1.40. The third-order valence-electron chi connectivity index (χ3n) is 10.1. The lowest BCUT2D eigenvalue weighted by Crippen LogP contribution is -2.37. The summed E-state index contributed by atoms with van der Waals surface area (Å²) in [5.74, 6) is -0.905. The number of unbranched alkanes of at least 4 members (excludes halogenated alkanes) is 5. The van der Waals surface area contributed by atoms with Crippen molar-refractivity contribution in [2.24, 2.45) is 0 Å². The van der Waals surface area contributed by atoms with Gasteiger partial charge in [0.15, 0.2) is 6.10 Å². The molecule has 0 spiro atoms. The maximum absolute atomic E-state index is 12.8. The number of hydrogen-bond acceptors (Lipinski definition) is 7. The van der Waals surface area contributed by atoms with Crippen molar-refractivity contribution >= 4 is 19.8 Å². The summed E-state index contributed by atoms with van der Waals surface area (Å²) in [6, 6.07) is 0. The summed E-state index contributed by atoms with van der Waals surface area (Å²) in [4.78, 5) is 35.6. The van der Waals surface area contributed by atoms with Gasteiger partial charge in [0.05, 0.1) is 27.7 Å². The van der Waals surface area contributed by atoms with Crippen molar-refractivity contribution in [3.8, 4) is 0 Å². The zero-order chi connectivity index (χ0) is 51.3. The fourth-order valence-corrected chi connectivity index (χ4v) is 6.80. The Morgan fingerprint density at radius 2 is 0.771 bits per heavy atom. The summed E-state index contributed by atoms with van der Waals surface area (Å²) in [6.45, 7) is 4.07. The zero-order valence-electron chi connectivity index (χ0n) is 44.2. The minimum atomic E-state index is -4.42. The van der Waals surface area contributed by atoms with E-state index in [9.17, 15) is 19.0 Å². The number of carbonyl (C=O) groups excluding carboxylic acids is 2. The second-order valence-corrected chi connectivity index (χ2v) is 19.2. The molecule has 0 saturated heterocycles. The first-order chi connectivity index (χ1) is 34.0. The second-order valence-electron chi connectivity index (χ2n) is 17.8. The quantitative estimate of drug-likeness (QED) is 0.0211. The molecule has 10 heteroatoms. The molecule has 0 aromatic heterocycles. The first kappa shape index (κ1) is 65.6. The van der Waals surface area contributed by atoms with Gasteiger partial charge in [-0.05, 0) is 122 Å². The van der Waals surface area contributed by atoms with Gasteiger partial charge in [-0.25, -0.2) is 4.57 Å². The van der Waals surface area contributed by atoms with Crippen LogP contribution in [0.1, 0.15) is 155 Å². The molecular formula is C60H95NO8P+. The summed E-state index contributed by atoms with van der Waals surface area (Å²) in [6.07, 6.45) is 74.5. The number of rotatable bonds is 45. The second kappa shape index (κ2) is 49.6. The molecule has 0 fully saturated rings. The molecular weight excluding hydrogens is 894 g/mol. The first-order valence-electron chi connectivity index (χ1n) is 26.2. The molecule has 0 aliphatic carbocycles. The third kappa shape index (κ3) is 53.0. The van der Waals surface area contributed by atoms with E-state index < -0.39 is 32.5 Å². The molecule has 0 heterocycles. The molecule has 0 rings (SSSR count). The number of phosphoric acid groups is 1. The largest absolute Gasteiger partial charge is 0.472 e. The minimum absolute atomic E-state index is 0.00680. The number of allylic oxidation sites excluding steroid dienone is 26. The van der Waals surface area contributed by atoms with E-state index in [4.69, 9.17) is 18.5 Å². The van der Waals surface area contributed by atoms with Gasteiger partial charge >= 0.3 is 19.8 Å². The van der Waals surface area contributed by atoms with Crippen molar-refractivity contribution < 1.29 is 42.1 Å². The van der Waals surface area contributed by atoms with Crippen LogP contribution in [-0.2, 0) is 32.7 Å². The van der Waals surface area contributed by atoms with Crippen LogP contribution in [-0.4, -0.2) is 74.9 Å². The van der Waals surface area contributed by atoms with Crippen molar-refractivity contribution in [3.63, 3.8) is 0 Å². The van der Waals surface area contributed by atoms with Crippen LogP contribution in [0, 0.1) is 0 Å². The lowest BCUT2D eigenvalue weighted by molar-refractivity contribution is -0.870. The number of likely N-dealkylation sites (N-methyl/N-ethyl adjacent to an activating group) is 1. The molecule has 0 aromatic carbocycles. The van der Waals surface area contributed by atoms with Crippen molar-refractivity contribution in [1.82, 2.24) is 0 Å². The Labute approximate surface area is 426 Å². The fraction of sp³-hybridized carbons (Fsp3) is 0.533. The first-order valence-corrected chi connectivity index (χ1v) is 27.7. The highest BCUT2D eigenvalue weighted by atomic mass is 31.2. The Hall–Kier alpha value is -4.37. The van der Waals surface area contributed by atoms with Gasteiger partial charge in [-0.2, -0.15) is 0 Å². The predicted molar refractivity (Wildman–Crippen MR) is 297 cm³/mol. The highest BCUT2D eigenvalue weighted by molar-refractivity contribution is 7.47. The molecule has 392 valence electrons. The number of esters is 2. The Morgan fingerprint density at radius 3 is 1.14 bits per heavy atom. The van der Waals surface area contributed by atoms with E-state index >= 15 is 0 Å². The lowest BCUT2D eigenvalue weighted by Gasteiger charge is -2.24. The monoisotopic (exact) mass is 989 g/mol. The maximum Gasteiger partial charge on any atom is 0.472 e. The van der Waals surface area contributed by atoms with Crippen LogP contribution in [0.2, 0.25) is 0 Å². The summed E-state index contributed by atoms with van der Waals surface area (Å²) in [5.41, 5.74) is 0. The van der Waals surface area contributed by atoms with E-state index in [-0.39, 0.29) is 26.1 Å². The van der Waals surface area contributed by atoms with E-state index in [0.717, 1.165) is 116 Å². The predicted octanol–water partition coefficient (Wildman–Crippen LogP) is 16.1. The number of ether oxygens (including phenoxy) is 2. The molecule has 0 radical (unpaired) electrons. The Kier molecular flexibility index (Phi) is 46.5. The topological polar surface area (TPSA) is 108 Å². The average molecular weight is 989 g/mol. The number of hydrogen-bond donors (Lipinski definition) is 1. The van der Waals surface area contributed by atoms with Gasteiger partial charge < -0.3 is 18.9 Å². The molecule has 9 nitrogen and oxygen atoms in total. The number of quaternary nitrogens is 1. The van der Waals surface area contributed by atoms with Crippen molar-refractivity contribution in [2.75, 3.05) is 47.5 Å². The normalized spacial score (nSPS) is 14.7. The third-order valence-corrected chi connectivity index (χ3v) is 11.0. The Bertz CT molecular complexity index is 1730. The number of carbonyl (C=O) groups is 2. The van der Waals surface area contributed by atoms with Crippen LogP contribution in [0.5, 0.6) is 0 Å². The van der Waals surface area contributed by atoms with E-state index in [1.165, 1.54) is 0 Å². The molecule has 0 aliphatic rings. The van der Waals surface area contributed by atoms with Crippen molar-refractivity contribution in [3.05, 3.63) is 158 Å². The molecule has 0 bridgehead atoms. The van der Waals surface area contributed by atoms with E-state index in [2.05, 4.69) is 172 Å². The molecule has 2 atom stereocenters. The SMILES string of the molecule is CC/C=C\C/C=C\C/C=C\C/C=C\C/C=C\C/C=C\C/C=C\C/C=C\CCCCC(=O)OC(COC(=O)CCCCC/C=C\C/C=C\C/C=C\C/C=C\C/C=C\CC)COP(=O)(O)OCC[N+](C)(C)C. The van der Waals surface area contributed by atoms with Crippen LogP contribution in [0.3, 0.4) is 0 Å². The molecule has 2 unspecified atom stereocenters. The van der Waals surface area contributed by atoms with E-state index in [1.54, 1.807) is 0 Å². The van der Waals surface area contributed by atoms with Crippen LogP contribution in [0.25, 0.3) is 0 Å². The van der Waals surface area contributed by atoms with Crippen LogP contribution in [0.4, 0.5) is 0 Å². The summed E-state index contributed by atoms with van der Waals surface area (Å²) < 4.78 is 34.4. The molecule has 70 heavy (non-hydrogen) atoms. The summed E-state index contributed by atoms with van der Waals surface area (Å²) >= 11 is 0. The molecule has 1 N–H and O–H groups in total. The maximum atomic E-state index is 12.8. The highest BCUT2D eigenvalue weighted by Crippen LogP contribution is 2.43. The lowest BCUT2D eigenvalue weighted by atomic mass is 10.1. The van der Waals surface area contributed by atoms with Crippen molar-refractivity contribution in [2.45, 2.75) is 161 Å². The molecule has 0 amide bonds. The van der Waals surface area contributed by atoms with E-state index in [0.29, 0.717) is 23.9 Å². The van der Waals surface area contributed by atoms with Crippen LogP contribution < -0.4 is 0 Å². The van der Waals surface area contributed by atoms with Crippen LogP contribution >= 0.6 is 7.82 Å². The fourth-order valence-electron chi connectivity index (χ4n) is 6.05. The number of nitrogens with zero attached hydrogens (tertiary/aromatic N) is 1. The molecule has 0 aromatic rings. The smallest absolute Gasteiger partial charge is 0.462 e. The van der Waals surface area contributed by atoms with Gasteiger partial charge in [-0.3, -0.25) is 18.6 Å².